The summed E-state index contributed by atoms with van der Waals surface area (Å²) in [5.41, 5.74) is 0. The lowest BCUT2D eigenvalue weighted by molar-refractivity contribution is -0.118. The molecule has 2 heterocycles. The van der Waals surface area contributed by atoms with Crippen LogP contribution in [0.2, 0.25) is 0 Å². The smallest absolute Gasteiger partial charge is 0.230 e. The van der Waals surface area contributed by atoms with Crippen LogP contribution in [0, 0.1) is 0 Å². The molecule has 5 nitrogen and oxygen atoms in total. The van der Waals surface area contributed by atoms with E-state index in [1.54, 1.807) is 6.33 Å². The van der Waals surface area contributed by atoms with Crippen LogP contribution in [-0.2, 0) is 4.79 Å². The predicted octanol–water partition coefficient (Wildman–Crippen LogP) is 1.70. The normalized spacial score (nSPS) is 14.7. The van der Waals surface area contributed by atoms with Gasteiger partial charge < -0.3 is 10.2 Å². The van der Waals surface area contributed by atoms with E-state index in [1.165, 1.54) is 24.6 Å². The van der Waals surface area contributed by atoms with Crippen molar-refractivity contribution in [2.75, 3.05) is 30.3 Å². The molecule has 1 aromatic rings. The average molecular weight is 280 g/mol. The van der Waals surface area contributed by atoms with Crippen molar-refractivity contribution in [1.29, 1.82) is 0 Å². The number of nitrogens with zero attached hydrogens (tertiary/aromatic N) is 3. The zero-order valence-corrected chi connectivity index (χ0v) is 12.1. The van der Waals surface area contributed by atoms with Crippen LogP contribution in [0.4, 0.5) is 5.82 Å². The highest BCUT2D eigenvalue weighted by atomic mass is 32.2. The van der Waals surface area contributed by atoms with Gasteiger partial charge in [0, 0.05) is 25.7 Å². The van der Waals surface area contributed by atoms with Crippen LogP contribution in [0.3, 0.4) is 0 Å². The Labute approximate surface area is 118 Å². The molecule has 0 radical (unpaired) electrons. The number of rotatable bonds is 6. The number of hydrogen-bond acceptors (Lipinski definition) is 5. The van der Waals surface area contributed by atoms with Gasteiger partial charge in [-0.1, -0.05) is 18.7 Å². The van der Waals surface area contributed by atoms with Gasteiger partial charge in [0.1, 0.15) is 17.2 Å². The van der Waals surface area contributed by atoms with Crippen molar-refractivity contribution in [2.45, 2.75) is 31.2 Å². The van der Waals surface area contributed by atoms with Crippen LogP contribution < -0.4 is 10.2 Å². The third-order valence-electron chi connectivity index (χ3n) is 2.98. The standard InChI is InChI=1S/C13H20N4OS/c1-2-5-14-12(18)9-19-13-8-11(15-10-16-13)17-6-3-4-7-17/h8,10H,2-7,9H2,1H3,(H,14,18). The Morgan fingerprint density at radius 1 is 1.42 bits per heavy atom. The first kappa shape index (κ1) is 14.1. The highest BCUT2D eigenvalue weighted by molar-refractivity contribution is 7.99. The lowest BCUT2D eigenvalue weighted by Crippen LogP contribution is -2.25. The molecule has 0 aliphatic carbocycles. The van der Waals surface area contributed by atoms with E-state index in [4.69, 9.17) is 0 Å². The predicted molar refractivity (Wildman–Crippen MR) is 77.5 cm³/mol. The molecule has 0 bridgehead atoms. The summed E-state index contributed by atoms with van der Waals surface area (Å²) in [7, 11) is 0. The Hall–Kier alpha value is -1.30. The fraction of sp³-hybridized carbons (Fsp3) is 0.615. The van der Waals surface area contributed by atoms with E-state index in [2.05, 4.69) is 20.2 Å². The lowest BCUT2D eigenvalue weighted by Gasteiger charge is -2.16. The number of nitrogens with one attached hydrogen (secondary N) is 1. The molecule has 104 valence electrons. The third kappa shape index (κ3) is 4.38. The fourth-order valence-electron chi connectivity index (χ4n) is 1.98. The Balaban J connectivity index is 1.86. The van der Waals surface area contributed by atoms with Crippen LogP contribution in [0.1, 0.15) is 26.2 Å². The van der Waals surface area contributed by atoms with Crippen molar-refractivity contribution in [3.8, 4) is 0 Å². The summed E-state index contributed by atoms with van der Waals surface area (Å²) in [6.45, 7) is 4.92. The minimum absolute atomic E-state index is 0.0631. The molecule has 1 amide bonds. The zero-order chi connectivity index (χ0) is 13.5. The molecule has 1 fully saturated rings. The molecule has 19 heavy (non-hydrogen) atoms. The van der Waals surface area contributed by atoms with Crippen molar-refractivity contribution in [2.24, 2.45) is 0 Å². The number of aromatic nitrogens is 2. The van der Waals surface area contributed by atoms with Crippen molar-refractivity contribution in [3.05, 3.63) is 12.4 Å². The van der Waals surface area contributed by atoms with E-state index < -0.39 is 0 Å². The van der Waals surface area contributed by atoms with E-state index in [1.807, 2.05) is 13.0 Å². The second kappa shape index (κ2) is 7.33. The van der Waals surface area contributed by atoms with Crippen molar-refractivity contribution < 1.29 is 4.79 Å². The molecule has 1 N–H and O–H groups in total. The summed E-state index contributed by atoms with van der Waals surface area (Å²) >= 11 is 1.46. The molecule has 1 aromatic heterocycles. The first-order valence-corrected chi connectivity index (χ1v) is 7.74. The highest BCUT2D eigenvalue weighted by Crippen LogP contribution is 2.22. The van der Waals surface area contributed by atoms with E-state index >= 15 is 0 Å². The number of hydrogen-bond donors (Lipinski definition) is 1. The minimum atomic E-state index is 0.0631. The van der Waals surface area contributed by atoms with Gasteiger partial charge in [-0.15, -0.1) is 0 Å². The first-order valence-electron chi connectivity index (χ1n) is 6.76. The minimum Gasteiger partial charge on any atom is -0.356 e. The van der Waals surface area contributed by atoms with E-state index in [9.17, 15) is 4.79 Å². The molecular weight excluding hydrogens is 260 g/mol. The zero-order valence-electron chi connectivity index (χ0n) is 11.3. The number of anilines is 1. The van der Waals surface area contributed by atoms with Crippen molar-refractivity contribution in [1.82, 2.24) is 15.3 Å². The average Bonchev–Trinajstić information content (AvgIpc) is 2.97. The van der Waals surface area contributed by atoms with Gasteiger partial charge in [0.25, 0.3) is 0 Å². The van der Waals surface area contributed by atoms with E-state index in [0.29, 0.717) is 5.75 Å². The maximum absolute atomic E-state index is 11.5. The summed E-state index contributed by atoms with van der Waals surface area (Å²) < 4.78 is 0. The Morgan fingerprint density at radius 3 is 2.95 bits per heavy atom. The molecule has 0 unspecified atom stereocenters. The Kier molecular flexibility index (Phi) is 5.44. The SMILES string of the molecule is CCCNC(=O)CSc1cc(N2CCCC2)ncn1. The molecular formula is C13H20N4OS. The van der Waals surface area contributed by atoms with Crippen LogP contribution in [0.25, 0.3) is 0 Å². The summed E-state index contributed by atoms with van der Waals surface area (Å²) in [5, 5.41) is 3.72. The lowest BCUT2D eigenvalue weighted by atomic mass is 10.4. The van der Waals surface area contributed by atoms with Gasteiger partial charge in [-0.25, -0.2) is 9.97 Å². The van der Waals surface area contributed by atoms with Crippen LogP contribution >= 0.6 is 11.8 Å². The molecule has 0 saturated carbocycles. The first-order chi connectivity index (χ1) is 9.29. The van der Waals surface area contributed by atoms with Gasteiger partial charge in [0.05, 0.1) is 5.75 Å². The van der Waals surface area contributed by atoms with Gasteiger partial charge in [-0.05, 0) is 19.3 Å². The van der Waals surface area contributed by atoms with Gasteiger partial charge in [0.15, 0.2) is 0 Å². The van der Waals surface area contributed by atoms with Crippen LogP contribution in [-0.4, -0.2) is 41.3 Å². The van der Waals surface area contributed by atoms with Crippen LogP contribution in [0.5, 0.6) is 0 Å². The van der Waals surface area contributed by atoms with Crippen molar-refractivity contribution >= 4 is 23.5 Å². The molecule has 2 rings (SSSR count). The van der Waals surface area contributed by atoms with E-state index in [0.717, 1.165) is 36.9 Å². The third-order valence-corrected chi connectivity index (χ3v) is 3.91. The molecule has 1 saturated heterocycles. The molecule has 0 spiro atoms. The number of thioether (sulfide) groups is 1. The van der Waals surface area contributed by atoms with Crippen LogP contribution in [0.15, 0.2) is 17.4 Å². The second-order valence-corrected chi connectivity index (χ2v) is 5.54. The number of carbonyl (C=O) groups excluding carboxylic acids is 1. The maximum Gasteiger partial charge on any atom is 0.230 e. The maximum atomic E-state index is 11.5. The van der Waals surface area contributed by atoms with E-state index in [-0.39, 0.29) is 5.91 Å². The fourth-order valence-corrected chi connectivity index (χ4v) is 2.67. The summed E-state index contributed by atoms with van der Waals surface area (Å²) in [6, 6.07) is 1.98. The van der Waals surface area contributed by atoms with Gasteiger partial charge in [-0.3, -0.25) is 4.79 Å². The Morgan fingerprint density at radius 2 is 2.21 bits per heavy atom. The quantitative estimate of drug-likeness (QED) is 0.635. The molecule has 1 aliphatic rings. The van der Waals surface area contributed by atoms with Gasteiger partial charge in [-0.2, -0.15) is 0 Å². The molecule has 6 heteroatoms. The van der Waals surface area contributed by atoms with Gasteiger partial charge >= 0.3 is 0 Å². The summed E-state index contributed by atoms with van der Waals surface area (Å²) in [4.78, 5) is 22.3. The Bertz CT molecular complexity index is 421. The van der Waals surface area contributed by atoms with Crippen molar-refractivity contribution in [3.63, 3.8) is 0 Å². The highest BCUT2D eigenvalue weighted by Gasteiger charge is 2.14. The monoisotopic (exact) mass is 280 g/mol. The summed E-state index contributed by atoms with van der Waals surface area (Å²) in [5.74, 6) is 1.45. The van der Waals surface area contributed by atoms with Gasteiger partial charge in [0.2, 0.25) is 5.91 Å². The molecule has 0 atom stereocenters. The topological polar surface area (TPSA) is 58.1 Å². The second-order valence-electron chi connectivity index (χ2n) is 4.55. The molecule has 1 aliphatic heterocycles. The summed E-state index contributed by atoms with van der Waals surface area (Å²) in [6.07, 6.45) is 5.00. The number of amides is 1. The largest absolute Gasteiger partial charge is 0.356 e. The number of carbonyl (C=O) groups is 1. The molecule has 0 aromatic carbocycles.